The maximum Gasteiger partial charge on any atom is 0.247 e. The molecule has 0 aliphatic carbocycles. The predicted molar refractivity (Wildman–Crippen MR) is 424 cm³/mol. The van der Waals surface area contributed by atoms with E-state index in [1.54, 1.807) is 0 Å². The van der Waals surface area contributed by atoms with Crippen molar-refractivity contribution >= 4 is 89.5 Å². The summed E-state index contributed by atoms with van der Waals surface area (Å²) in [5.74, 6) is -0.447. The Morgan fingerprint density at radius 3 is 1.39 bits per heavy atom. The molecule has 2 aromatic heterocycles. The fourth-order valence-electron chi connectivity index (χ4n) is 16.7. The smallest absolute Gasteiger partial charge is 0.247 e. The zero-order chi connectivity index (χ0) is 68.4. The molecule has 0 saturated heterocycles. The van der Waals surface area contributed by atoms with Crippen molar-refractivity contribution in [3.05, 3.63) is 354 Å². The van der Waals surface area contributed by atoms with Crippen LogP contribution in [0.25, 0.3) is 115 Å². The van der Waals surface area contributed by atoms with Gasteiger partial charge in [0.1, 0.15) is 0 Å². The Kier molecular flexibility index (Phi) is 14.2. The van der Waals surface area contributed by atoms with Crippen molar-refractivity contribution in [1.82, 2.24) is 9.13 Å². The van der Waals surface area contributed by atoms with E-state index in [1.165, 1.54) is 49.2 Å². The molecule has 5 nitrogen and oxygen atoms in total. The molecule has 0 N–H and O–H groups in total. The average molecular weight is 1290 g/mol. The Bertz CT molecular complexity index is 5690. The highest BCUT2D eigenvalue weighted by Crippen LogP contribution is 2.55. The first-order chi connectivity index (χ1) is 49.3. The summed E-state index contributed by atoms with van der Waals surface area (Å²) in [6.07, 6.45) is 0. The van der Waals surface area contributed by atoms with Crippen LogP contribution in [0.3, 0.4) is 0 Å². The van der Waals surface area contributed by atoms with Crippen LogP contribution in [-0.2, 0) is 10.8 Å². The predicted octanol–water partition coefficient (Wildman–Crippen LogP) is 23.0. The molecular weight excluding hydrogens is 1220 g/mol. The summed E-state index contributed by atoms with van der Waals surface area (Å²) in [5, 5.41) is 16.2. The number of rotatable bonds is 9. The quantitative estimate of drug-likeness (QED) is 0.107. The number of anilines is 3. The molecule has 0 radical (unpaired) electrons. The van der Waals surface area contributed by atoms with Crippen LogP contribution in [0.15, 0.2) is 309 Å². The summed E-state index contributed by atoms with van der Waals surface area (Å²) in [6.45, 7) is 22.5. The molecule has 2 aliphatic rings. The van der Waals surface area contributed by atoms with E-state index in [4.69, 9.17) is 6.57 Å². The lowest BCUT2D eigenvalue weighted by Gasteiger charge is -2.45. The second kappa shape index (κ2) is 23.6. The first kappa shape index (κ1) is 60.9. The summed E-state index contributed by atoms with van der Waals surface area (Å²) in [4.78, 5) is 6.98. The third-order valence-electron chi connectivity index (χ3n) is 21.4. The summed E-state index contributed by atoms with van der Waals surface area (Å²) in [5.41, 5.74) is 29.9. The lowest BCUT2D eigenvalue weighted by Crippen LogP contribution is -2.62. The molecule has 478 valence electrons. The third kappa shape index (κ3) is 9.81. The van der Waals surface area contributed by atoms with Crippen molar-refractivity contribution in [1.29, 1.82) is 5.26 Å². The number of benzene rings is 14. The topological polar surface area (TPSA) is 41.2 Å². The summed E-state index contributed by atoms with van der Waals surface area (Å²) in [6, 6.07) is 117. The molecular formula is C95H70BN5. The molecule has 1 atom stereocenters. The van der Waals surface area contributed by atoms with Gasteiger partial charge in [0.15, 0.2) is 5.69 Å². The van der Waals surface area contributed by atoms with Gasteiger partial charge in [-0.2, -0.15) is 5.26 Å². The van der Waals surface area contributed by atoms with Crippen LogP contribution in [0.4, 0.5) is 22.7 Å². The van der Waals surface area contributed by atoms with Crippen molar-refractivity contribution in [2.24, 2.45) is 0 Å². The van der Waals surface area contributed by atoms with Crippen LogP contribution in [-0.4, -0.2) is 15.8 Å². The molecule has 0 fully saturated rings. The first-order valence-electron chi connectivity index (χ1n) is 35.1. The van der Waals surface area contributed by atoms with Gasteiger partial charge in [-0.3, -0.25) is 0 Å². The fraction of sp³-hybridized carbons (Fsp3) is 0.0947. The van der Waals surface area contributed by atoms with Gasteiger partial charge in [-0.05, 0) is 172 Å². The van der Waals surface area contributed by atoms with Gasteiger partial charge in [0, 0.05) is 55.8 Å². The number of aromatic nitrogens is 2. The number of nitriles is 1. The van der Waals surface area contributed by atoms with Crippen LogP contribution in [0, 0.1) is 17.9 Å². The largest absolute Gasteiger partial charge is 0.310 e. The van der Waals surface area contributed by atoms with Crippen molar-refractivity contribution in [3.63, 3.8) is 0 Å². The van der Waals surface area contributed by atoms with E-state index in [0.29, 0.717) is 11.3 Å². The Balaban J connectivity index is 1.06. The van der Waals surface area contributed by atoms with Crippen LogP contribution >= 0.6 is 0 Å². The summed E-state index contributed by atoms with van der Waals surface area (Å²) >= 11 is 0. The van der Waals surface area contributed by atoms with Crippen LogP contribution in [0.1, 0.15) is 80.8 Å². The second-order valence-corrected chi connectivity index (χ2v) is 29.3. The molecule has 2 aliphatic heterocycles. The van der Waals surface area contributed by atoms with Gasteiger partial charge in [0.05, 0.1) is 46.0 Å². The number of hydrogen-bond donors (Lipinski definition) is 0. The van der Waals surface area contributed by atoms with Gasteiger partial charge in [-0.1, -0.05) is 284 Å². The van der Waals surface area contributed by atoms with Crippen LogP contribution in [0.5, 0.6) is 0 Å². The van der Waals surface area contributed by atoms with E-state index in [0.717, 1.165) is 123 Å². The molecule has 0 bridgehead atoms. The standard InChI is InChI=1S/C95H70BN5/c1-94(2,3)65-53-75(61-31-13-9-14-32-61)90(77(55-65)69-36-18-17-35-63(69)59-97)91-79-57-67(99-84-43-25-20-38-71(84)72-39-21-26-44-85(72)99)47-49-81(79)96-82-50-48-68(100-86-45-27-22-40-73(86)74-41-23-28-46-87(74)100)58-88(82)101(89-52-64(51-80(91)92(89)96)60-29-11-8-12-30-60)93-76(62-33-15-10-16-34-62)54-66(95(4,5)6)56-78(93)70-37-19-24-42-83(70)98-7/h8-58,91H,1-6H3. The SMILES string of the molecule is [C-]#[N+]c1ccccc1-c1cc(C(C)(C)C)cc(-c2ccccc2)c1N1c2cc(-n3c4ccccc4c4ccccc43)ccc2B2c3ccc(-n4c5ccccc5c5ccccc54)cc3C(c3c(-c4ccccc4)cc(C(C)(C)C)cc3-c3ccccc3C#N)c3cc(-c4ccccc4)cc1c32. The molecule has 6 heteroatoms. The van der Waals surface area contributed by atoms with Crippen molar-refractivity contribution in [2.75, 3.05) is 4.90 Å². The minimum absolute atomic E-state index is 0.283. The van der Waals surface area contributed by atoms with Crippen molar-refractivity contribution < 1.29 is 0 Å². The monoisotopic (exact) mass is 1290 g/mol. The minimum atomic E-state index is -0.447. The van der Waals surface area contributed by atoms with E-state index in [1.807, 2.05) is 24.3 Å². The minimum Gasteiger partial charge on any atom is -0.310 e. The fourth-order valence-corrected chi connectivity index (χ4v) is 16.7. The molecule has 16 aromatic rings. The average Bonchev–Trinajstić information content (AvgIpc) is 0.721. The molecule has 0 spiro atoms. The molecule has 0 amide bonds. The maximum atomic E-state index is 11.4. The van der Waals surface area contributed by atoms with E-state index < -0.39 is 5.92 Å². The Morgan fingerprint density at radius 1 is 0.376 bits per heavy atom. The van der Waals surface area contributed by atoms with Crippen LogP contribution in [0.2, 0.25) is 0 Å². The van der Waals surface area contributed by atoms with Gasteiger partial charge in [-0.15, -0.1) is 0 Å². The van der Waals surface area contributed by atoms with E-state index in [-0.39, 0.29) is 17.5 Å². The van der Waals surface area contributed by atoms with E-state index in [2.05, 4.69) is 352 Å². The maximum absolute atomic E-state index is 11.4. The highest BCUT2D eigenvalue weighted by molar-refractivity contribution is 6.99. The summed E-state index contributed by atoms with van der Waals surface area (Å²) in [7, 11) is 0. The Labute approximate surface area is 590 Å². The lowest BCUT2D eigenvalue weighted by atomic mass is 9.31. The molecule has 4 heterocycles. The van der Waals surface area contributed by atoms with Gasteiger partial charge < -0.3 is 14.0 Å². The normalized spacial score (nSPS) is 13.3. The second-order valence-electron chi connectivity index (χ2n) is 29.3. The summed E-state index contributed by atoms with van der Waals surface area (Å²) < 4.78 is 4.93. The zero-order valence-electron chi connectivity index (χ0n) is 57.3. The van der Waals surface area contributed by atoms with Gasteiger partial charge in [-0.25, -0.2) is 4.85 Å². The number of nitrogens with zero attached hydrogens (tertiary/aromatic N) is 5. The van der Waals surface area contributed by atoms with Crippen molar-refractivity contribution in [2.45, 2.75) is 58.3 Å². The lowest BCUT2D eigenvalue weighted by molar-refractivity contribution is 0.590. The van der Waals surface area contributed by atoms with Gasteiger partial charge in [0.25, 0.3) is 0 Å². The highest BCUT2D eigenvalue weighted by Gasteiger charge is 2.47. The molecule has 0 saturated carbocycles. The zero-order valence-corrected chi connectivity index (χ0v) is 57.3. The number of para-hydroxylation sites is 5. The van der Waals surface area contributed by atoms with Crippen molar-refractivity contribution in [3.8, 4) is 73.1 Å². The van der Waals surface area contributed by atoms with Crippen LogP contribution < -0.4 is 21.3 Å². The molecule has 101 heavy (non-hydrogen) atoms. The first-order valence-corrected chi connectivity index (χ1v) is 35.1. The molecule has 18 rings (SSSR count). The van der Waals surface area contributed by atoms with E-state index >= 15 is 0 Å². The Hall–Kier alpha value is -12.5. The number of fused-ring (bicyclic) bond motifs is 10. The Morgan fingerprint density at radius 2 is 0.832 bits per heavy atom. The number of hydrogen-bond acceptors (Lipinski definition) is 2. The van der Waals surface area contributed by atoms with Gasteiger partial charge >= 0.3 is 0 Å². The van der Waals surface area contributed by atoms with E-state index in [9.17, 15) is 5.26 Å². The molecule has 1 unspecified atom stereocenters. The third-order valence-corrected chi connectivity index (χ3v) is 21.4. The molecule has 14 aromatic carbocycles. The highest BCUT2D eigenvalue weighted by atomic mass is 15.2. The van der Waals surface area contributed by atoms with Gasteiger partial charge in [0.2, 0.25) is 6.71 Å².